The number of benzene rings is 1. The minimum absolute atomic E-state index is 0.114. The second kappa shape index (κ2) is 6.64. The fourth-order valence-corrected chi connectivity index (χ4v) is 3.22. The third-order valence-corrected chi connectivity index (χ3v) is 4.41. The lowest BCUT2D eigenvalue weighted by Gasteiger charge is -2.06. The fraction of sp³-hybridized carbons (Fsp3) is 0.176. The van der Waals surface area contributed by atoms with Crippen molar-refractivity contribution in [2.24, 2.45) is 0 Å². The first kappa shape index (κ1) is 15.9. The van der Waals surface area contributed by atoms with E-state index in [0.717, 1.165) is 16.7 Å². The van der Waals surface area contributed by atoms with Gasteiger partial charge >= 0.3 is 5.97 Å². The van der Waals surface area contributed by atoms with Crippen LogP contribution in [0.25, 0.3) is 10.9 Å². The average Bonchev–Trinajstić information content (AvgIpc) is 3.24. The van der Waals surface area contributed by atoms with E-state index >= 15 is 0 Å². The van der Waals surface area contributed by atoms with E-state index in [1.54, 1.807) is 25.3 Å². The summed E-state index contributed by atoms with van der Waals surface area (Å²) >= 11 is 1.10. The highest BCUT2D eigenvalue weighted by molar-refractivity contribution is 7.10. The Morgan fingerprint density at radius 3 is 3.00 bits per heavy atom. The van der Waals surface area contributed by atoms with Gasteiger partial charge < -0.3 is 9.72 Å². The molecule has 0 saturated heterocycles. The molecule has 24 heavy (non-hydrogen) atoms. The Hall–Kier alpha value is -2.98. The minimum Gasteiger partial charge on any atom is -0.461 e. The number of nitrogens with one attached hydrogen (secondary N) is 1. The SMILES string of the molecule is CCOC(=O)c1csc([C@@H](C#N)C(=O)c2cccc3cc[nH]c23)n1. The molecular formula is C17H13N3O3S. The zero-order chi connectivity index (χ0) is 17.1. The Kier molecular flexibility index (Phi) is 4.40. The van der Waals surface area contributed by atoms with Crippen LogP contribution in [0.2, 0.25) is 0 Å². The molecule has 1 atom stereocenters. The second-order valence-corrected chi connectivity index (χ2v) is 5.85. The normalized spacial score (nSPS) is 11.8. The number of thiazole rings is 1. The number of aromatic amines is 1. The van der Waals surface area contributed by atoms with Crippen molar-refractivity contribution < 1.29 is 14.3 Å². The van der Waals surface area contributed by atoms with Crippen molar-refractivity contribution in [2.45, 2.75) is 12.8 Å². The number of carbonyl (C=O) groups is 2. The van der Waals surface area contributed by atoms with E-state index < -0.39 is 11.9 Å². The molecule has 0 aliphatic rings. The Morgan fingerprint density at radius 1 is 1.42 bits per heavy atom. The lowest BCUT2D eigenvalue weighted by atomic mass is 9.98. The van der Waals surface area contributed by atoms with Crippen molar-refractivity contribution in [3.8, 4) is 6.07 Å². The Morgan fingerprint density at radius 2 is 2.25 bits per heavy atom. The van der Waals surface area contributed by atoms with Gasteiger partial charge in [0.1, 0.15) is 5.01 Å². The minimum atomic E-state index is -1.06. The number of carbonyl (C=O) groups excluding carboxylic acids is 2. The molecule has 0 aliphatic heterocycles. The largest absolute Gasteiger partial charge is 0.461 e. The molecule has 0 bridgehead atoms. The molecule has 2 aromatic heterocycles. The maximum atomic E-state index is 12.8. The summed E-state index contributed by atoms with van der Waals surface area (Å²) < 4.78 is 4.88. The van der Waals surface area contributed by atoms with Crippen LogP contribution in [-0.2, 0) is 4.74 Å². The van der Waals surface area contributed by atoms with Crippen molar-refractivity contribution >= 4 is 34.0 Å². The van der Waals surface area contributed by atoms with E-state index in [4.69, 9.17) is 4.74 Å². The van der Waals surface area contributed by atoms with Gasteiger partial charge in [-0.25, -0.2) is 9.78 Å². The number of fused-ring (bicyclic) bond motifs is 1. The lowest BCUT2D eigenvalue weighted by molar-refractivity contribution is 0.0519. The molecule has 1 aromatic carbocycles. The number of aromatic nitrogens is 2. The van der Waals surface area contributed by atoms with Crippen molar-refractivity contribution in [2.75, 3.05) is 6.61 Å². The van der Waals surface area contributed by atoms with Gasteiger partial charge in [-0.3, -0.25) is 4.79 Å². The summed E-state index contributed by atoms with van der Waals surface area (Å²) in [6.07, 6.45) is 1.74. The summed E-state index contributed by atoms with van der Waals surface area (Å²) in [4.78, 5) is 31.6. The fourth-order valence-electron chi connectivity index (χ4n) is 2.39. The number of ketones is 1. The molecule has 6 nitrogen and oxygen atoms in total. The lowest BCUT2D eigenvalue weighted by Crippen LogP contribution is -2.12. The summed E-state index contributed by atoms with van der Waals surface area (Å²) in [5.74, 6) is -1.97. The van der Waals surface area contributed by atoms with Gasteiger partial charge in [-0.05, 0) is 19.1 Å². The van der Waals surface area contributed by atoms with Crippen LogP contribution < -0.4 is 0 Å². The Balaban J connectivity index is 1.95. The highest BCUT2D eigenvalue weighted by Crippen LogP contribution is 2.27. The van der Waals surface area contributed by atoms with Gasteiger partial charge in [0.2, 0.25) is 0 Å². The zero-order valence-corrected chi connectivity index (χ0v) is 13.6. The number of hydrogen-bond donors (Lipinski definition) is 1. The summed E-state index contributed by atoms with van der Waals surface area (Å²) in [5, 5.41) is 12.1. The van der Waals surface area contributed by atoms with Gasteiger partial charge in [0.25, 0.3) is 0 Å². The zero-order valence-electron chi connectivity index (χ0n) is 12.8. The molecule has 3 rings (SSSR count). The Bertz CT molecular complexity index is 951. The van der Waals surface area contributed by atoms with Crippen molar-refractivity contribution in [3.05, 3.63) is 52.1 Å². The second-order valence-electron chi connectivity index (χ2n) is 4.97. The van der Waals surface area contributed by atoms with Crippen LogP contribution in [-0.4, -0.2) is 28.3 Å². The van der Waals surface area contributed by atoms with Crippen molar-refractivity contribution in [1.82, 2.24) is 9.97 Å². The highest BCUT2D eigenvalue weighted by Gasteiger charge is 2.27. The standard InChI is InChI=1S/C17H13N3O3S/c1-2-23-17(22)13-9-24-16(20-13)12(8-18)15(21)11-5-3-4-10-6-7-19-14(10)11/h3-7,9,12,19H,2H2,1H3/t12-/m0/s1. The van der Waals surface area contributed by atoms with Crippen molar-refractivity contribution in [3.63, 3.8) is 0 Å². The summed E-state index contributed by atoms with van der Waals surface area (Å²) in [7, 11) is 0. The molecule has 0 amide bonds. The number of esters is 1. The van der Waals surface area contributed by atoms with Crippen LogP contribution in [0.1, 0.15) is 38.7 Å². The van der Waals surface area contributed by atoms with Crippen molar-refractivity contribution in [1.29, 1.82) is 5.26 Å². The molecule has 0 spiro atoms. The first-order valence-corrected chi connectivity index (χ1v) is 8.16. The van der Waals surface area contributed by atoms with E-state index in [9.17, 15) is 14.9 Å². The number of para-hydroxylation sites is 1. The van der Waals surface area contributed by atoms with Crippen LogP contribution in [0, 0.1) is 11.3 Å². The molecule has 7 heteroatoms. The van der Waals surface area contributed by atoms with Gasteiger partial charge in [0.05, 0.1) is 18.2 Å². The van der Waals surface area contributed by atoms with E-state index in [1.165, 1.54) is 5.38 Å². The van der Waals surface area contributed by atoms with Crippen LogP contribution >= 0.6 is 11.3 Å². The summed E-state index contributed by atoms with van der Waals surface area (Å²) in [6.45, 7) is 1.94. The first-order valence-electron chi connectivity index (χ1n) is 7.28. The number of ether oxygens (including phenoxy) is 1. The van der Waals surface area contributed by atoms with Crippen LogP contribution in [0.3, 0.4) is 0 Å². The third kappa shape index (κ3) is 2.79. The van der Waals surface area contributed by atoms with Gasteiger partial charge in [-0.2, -0.15) is 5.26 Å². The Labute approximate surface area is 141 Å². The molecule has 120 valence electrons. The monoisotopic (exact) mass is 339 g/mol. The topological polar surface area (TPSA) is 95.8 Å². The highest BCUT2D eigenvalue weighted by atomic mass is 32.1. The van der Waals surface area contributed by atoms with Gasteiger partial charge in [0, 0.05) is 22.5 Å². The molecule has 1 N–H and O–H groups in total. The molecule has 3 aromatic rings. The van der Waals surface area contributed by atoms with E-state index in [-0.39, 0.29) is 23.1 Å². The molecule has 0 aliphatic carbocycles. The first-order chi connectivity index (χ1) is 11.7. The smallest absolute Gasteiger partial charge is 0.357 e. The number of rotatable bonds is 5. The molecule has 0 unspecified atom stereocenters. The summed E-state index contributed by atoms with van der Waals surface area (Å²) in [5.41, 5.74) is 1.23. The maximum Gasteiger partial charge on any atom is 0.357 e. The predicted molar refractivity (Wildman–Crippen MR) is 89.1 cm³/mol. The molecule has 0 fully saturated rings. The van der Waals surface area contributed by atoms with Gasteiger partial charge in [0.15, 0.2) is 17.4 Å². The number of nitrogens with zero attached hydrogens (tertiary/aromatic N) is 2. The van der Waals surface area contributed by atoms with Crippen LogP contribution in [0.5, 0.6) is 0 Å². The predicted octanol–water partition coefficient (Wildman–Crippen LogP) is 3.29. The summed E-state index contributed by atoms with van der Waals surface area (Å²) in [6, 6.07) is 9.17. The molecular weight excluding hydrogens is 326 g/mol. The number of Topliss-reactive ketones (excluding diaryl/α,β-unsaturated/α-hetero) is 1. The van der Waals surface area contributed by atoms with E-state index in [1.807, 2.05) is 18.2 Å². The number of nitriles is 1. The quantitative estimate of drug-likeness (QED) is 0.568. The number of H-pyrrole nitrogens is 1. The molecule has 0 radical (unpaired) electrons. The van der Waals surface area contributed by atoms with Gasteiger partial charge in [-0.1, -0.05) is 12.1 Å². The maximum absolute atomic E-state index is 12.8. The molecule has 0 saturated carbocycles. The number of hydrogen-bond acceptors (Lipinski definition) is 6. The van der Waals surface area contributed by atoms with Gasteiger partial charge in [-0.15, -0.1) is 11.3 Å². The van der Waals surface area contributed by atoms with Crippen LogP contribution in [0.15, 0.2) is 35.8 Å². The molecule has 2 heterocycles. The van der Waals surface area contributed by atoms with E-state index in [0.29, 0.717) is 11.1 Å². The average molecular weight is 339 g/mol. The third-order valence-electron chi connectivity index (χ3n) is 3.50. The van der Waals surface area contributed by atoms with Crippen LogP contribution in [0.4, 0.5) is 0 Å². The van der Waals surface area contributed by atoms with E-state index in [2.05, 4.69) is 9.97 Å².